The van der Waals surface area contributed by atoms with E-state index in [1.807, 2.05) is 22.2 Å². The molecule has 3 heterocycles. The van der Waals surface area contributed by atoms with Crippen molar-refractivity contribution in [1.82, 2.24) is 9.38 Å². The molecule has 0 spiro atoms. The number of thiazole rings is 1. The van der Waals surface area contributed by atoms with Crippen LogP contribution >= 0.6 is 11.3 Å². The maximum atomic E-state index is 9.99. The Morgan fingerprint density at radius 3 is 3.38 bits per heavy atom. The zero-order chi connectivity index (χ0) is 11.0. The Hall–Kier alpha value is -0.910. The predicted molar refractivity (Wildman–Crippen MR) is 61.8 cm³/mol. The van der Waals surface area contributed by atoms with Gasteiger partial charge in [0, 0.05) is 30.8 Å². The molecule has 16 heavy (non-hydrogen) atoms. The predicted octanol–water partition coefficient (Wildman–Crippen LogP) is 1.48. The lowest BCUT2D eigenvalue weighted by Crippen LogP contribution is -2.27. The van der Waals surface area contributed by atoms with Crippen molar-refractivity contribution in [1.29, 1.82) is 0 Å². The fourth-order valence-corrected chi connectivity index (χ4v) is 2.85. The van der Waals surface area contributed by atoms with Gasteiger partial charge in [-0.2, -0.15) is 0 Å². The third-order valence-corrected chi connectivity index (χ3v) is 3.73. The molecule has 1 fully saturated rings. The fraction of sp³-hybridized carbons (Fsp3) is 0.545. The third kappa shape index (κ3) is 1.86. The number of aromatic nitrogens is 2. The molecule has 0 aromatic carbocycles. The van der Waals surface area contributed by atoms with Gasteiger partial charge in [0.25, 0.3) is 0 Å². The first kappa shape index (κ1) is 10.3. The van der Waals surface area contributed by atoms with Crippen molar-refractivity contribution in [2.75, 3.05) is 6.61 Å². The Balaban J connectivity index is 1.71. The van der Waals surface area contributed by atoms with E-state index in [9.17, 15) is 5.11 Å². The van der Waals surface area contributed by atoms with Gasteiger partial charge < -0.3 is 9.84 Å². The second kappa shape index (κ2) is 4.16. The van der Waals surface area contributed by atoms with Gasteiger partial charge in [-0.15, -0.1) is 11.3 Å². The fourth-order valence-electron chi connectivity index (χ4n) is 2.13. The second-order valence-corrected chi connectivity index (χ2v) is 5.02. The van der Waals surface area contributed by atoms with Crippen LogP contribution in [-0.4, -0.2) is 33.3 Å². The van der Waals surface area contributed by atoms with Crippen molar-refractivity contribution in [3.8, 4) is 0 Å². The molecule has 2 aromatic heterocycles. The number of fused-ring (bicyclic) bond motifs is 1. The summed E-state index contributed by atoms with van der Waals surface area (Å²) in [4.78, 5) is 5.43. The van der Waals surface area contributed by atoms with Crippen LogP contribution in [0.25, 0.3) is 4.96 Å². The van der Waals surface area contributed by atoms with E-state index in [0.29, 0.717) is 6.42 Å². The van der Waals surface area contributed by atoms with Crippen LogP contribution in [-0.2, 0) is 11.2 Å². The van der Waals surface area contributed by atoms with Crippen LogP contribution in [0.1, 0.15) is 18.5 Å². The Morgan fingerprint density at radius 1 is 1.69 bits per heavy atom. The summed E-state index contributed by atoms with van der Waals surface area (Å²) in [5, 5.41) is 12.0. The van der Waals surface area contributed by atoms with Crippen LogP contribution in [0.15, 0.2) is 17.8 Å². The lowest BCUT2D eigenvalue weighted by molar-refractivity contribution is -0.00116. The van der Waals surface area contributed by atoms with E-state index in [4.69, 9.17) is 4.74 Å². The maximum absolute atomic E-state index is 9.99. The Morgan fingerprint density at radius 2 is 2.62 bits per heavy atom. The quantitative estimate of drug-likeness (QED) is 0.881. The van der Waals surface area contributed by atoms with E-state index in [1.54, 1.807) is 11.3 Å². The van der Waals surface area contributed by atoms with Gasteiger partial charge in [0.1, 0.15) is 0 Å². The minimum absolute atomic E-state index is 0.000245. The molecule has 4 nitrogen and oxygen atoms in total. The van der Waals surface area contributed by atoms with Gasteiger partial charge in [0.15, 0.2) is 4.96 Å². The molecule has 1 aliphatic heterocycles. The van der Waals surface area contributed by atoms with Gasteiger partial charge >= 0.3 is 0 Å². The minimum Gasteiger partial charge on any atom is -0.390 e. The van der Waals surface area contributed by atoms with E-state index in [0.717, 1.165) is 30.1 Å². The molecule has 2 aromatic rings. The van der Waals surface area contributed by atoms with E-state index >= 15 is 0 Å². The summed E-state index contributed by atoms with van der Waals surface area (Å²) in [6.07, 6.45) is 6.13. The molecule has 86 valence electrons. The zero-order valence-corrected chi connectivity index (χ0v) is 9.69. The van der Waals surface area contributed by atoms with E-state index in [2.05, 4.69) is 4.98 Å². The topological polar surface area (TPSA) is 46.8 Å². The first-order valence-electron chi connectivity index (χ1n) is 5.54. The lowest BCUT2D eigenvalue weighted by Gasteiger charge is -2.15. The van der Waals surface area contributed by atoms with Gasteiger partial charge in [-0.1, -0.05) is 0 Å². The lowest BCUT2D eigenvalue weighted by atomic mass is 10.1. The summed E-state index contributed by atoms with van der Waals surface area (Å²) in [5.74, 6) is 0. The van der Waals surface area contributed by atoms with Crippen molar-refractivity contribution in [2.45, 2.75) is 31.5 Å². The molecule has 3 rings (SSSR count). The number of aliphatic hydroxyl groups is 1. The molecule has 2 atom stereocenters. The molecule has 1 N–H and O–H groups in total. The van der Waals surface area contributed by atoms with Crippen LogP contribution in [0, 0.1) is 0 Å². The average molecular weight is 238 g/mol. The van der Waals surface area contributed by atoms with Crippen molar-refractivity contribution in [3.63, 3.8) is 0 Å². The summed E-state index contributed by atoms with van der Waals surface area (Å²) in [5.41, 5.74) is 0.940. The molecule has 1 saturated heterocycles. The zero-order valence-electron chi connectivity index (χ0n) is 8.87. The Bertz CT molecular complexity index is 444. The van der Waals surface area contributed by atoms with Crippen molar-refractivity contribution in [3.05, 3.63) is 23.5 Å². The highest BCUT2D eigenvalue weighted by atomic mass is 32.1. The average Bonchev–Trinajstić information content (AvgIpc) is 2.91. The molecule has 5 heteroatoms. The number of aliphatic hydroxyl groups excluding tert-OH is 1. The SMILES string of the molecule is OC(Cc1cn2ccsc2n1)C1CCCO1. The van der Waals surface area contributed by atoms with E-state index in [1.165, 1.54) is 0 Å². The number of rotatable bonds is 3. The van der Waals surface area contributed by atoms with Crippen LogP contribution < -0.4 is 0 Å². The number of hydrogen-bond acceptors (Lipinski definition) is 4. The number of imidazole rings is 1. The maximum Gasteiger partial charge on any atom is 0.193 e. The Kier molecular flexibility index (Phi) is 2.67. The number of hydrogen-bond donors (Lipinski definition) is 1. The summed E-state index contributed by atoms with van der Waals surface area (Å²) in [6.45, 7) is 0.778. The normalized spacial score (nSPS) is 22.9. The van der Waals surface area contributed by atoms with Crippen LogP contribution in [0.3, 0.4) is 0 Å². The standard InChI is InChI=1S/C11H14N2O2S/c14-9(10-2-1-4-15-10)6-8-7-13-3-5-16-11(13)12-8/h3,5,7,9-10,14H,1-2,4,6H2. The van der Waals surface area contributed by atoms with Gasteiger partial charge in [-0.3, -0.25) is 4.40 Å². The van der Waals surface area contributed by atoms with Gasteiger partial charge in [-0.25, -0.2) is 4.98 Å². The third-order valence-electron chi connectivity index (χ3n) is 2.96. The first-order chi connectivity index (χ1) is 7.83. The largest absolute Gasteiger partial charge is 0.390 e. The monoisotopic (exact) mass is 238 g/mol. The smallest absolute Gasteiger partial charge is 0.193 e. The Labute approximate surface area is 97.5 Å². The van der Waals surface area contributed by atoms with Gasteiger partial charge in [0.2, 0.25) is 0 Å². The highest BCUT2D eigenvalue weighted by Gasteiger charge is 2.24. The van der Waals surface area contributed by atoms with Crippen LogP contribution in [0.5, 0.6) is 0 Å². The number of nitrogens with zero attached hydrogens (tertiary/aromatic N) is 2. The highest BCUT2D eigenvalue weighted by molar-refractivity contribution is 7.15. The van der Waals surface area contributed by atoms with E-state index < -0.39 is 6.10 Å². The van der Waals surface area contributed by atoms with Crippen molar-refractivity contribution >= 4 is 16.3 Å². The molecule has 2 unspecified atom stereocenters. The molecule has 0 saturated carbocycles. The molecule has 1 aliphatic rings. The summed E-state index contributed by atoms with van der Waals surface area (Å²) in [7, 11) is 0. The molecule has 0 aliphatic carbocycles. The van der Waals surface area contributed by atoms with Crippen LogP contribution in [0.4, 0.5) is 0 Å². The second-order valence-electron chi connectivity index (χ2n) is 4.15. The van der Waals surface area contributed by atoms with E-state index in [-0.39, 0.29) is 6.10 Å². The molecule has 0 radical (unpaired) electrons. The molecular formula is C11H14N2O2S. The van der Waals surface area contributed by atoms with Crippen molar-refractivity contribution in [2.24, 2.45) is 0 Å². The summed E-state index contributed by atoms with van der Waals surface area (Å²) in [6, 6.07) is 0. The molecule has 0 amide bonds. The molecular weight excluding hydrogens is 224 g/mol. The first-order valence-corrected chi connectivity index (χ1v) is 6.41. The van der Waals surface area contributed by atoms with Crippen molar-refractivity contribution < 1.29 is 9.84 Å². The number of ether oxygens (including phenoxy) is 1. The summed E-state index contributed by atoms with van der Waals surface area (Å²) >= 11 is 1.61. The van der Waals surface area contributed by atoms with Gasteiger partial charge in [-0.05, 0) is 12.8 Å². The highest BCUT2D eigenvalue weighted by Crippen LogP contribution is 2.19. The summed E-state index contributed by atoms with van der Waals surface area (Å²) < 4.78 is 7.45. The molecule has 0 bridgehead atoms. The van der Waals surface area contributed by atoms with Gasteiger partial charge in [0.05, 0.1) is 17.9 Å². The van der Waals surface area contributed by atoms with Crippen LogP contribution in [0.2, 0.25) is 0 Å². The minimum atomic E-state index is -0.424.